The van der Waals surface area contributed by atoms with Crippen molar-refractivity contribution in [1.29, 1.82) is 0 Å². The fourth-order valence-electron chi connectivity index (χ4n) is 4.99. The van der Waals surface area contributed by atoms with Crippen LogP contribution < -0.4 is 5.32 Å². The summed E-state index contributed by atoms with van der Waals surface area (Å²) in [5.74, 6) is 3.31. The van der Waals surface area contributed by atoms with E-state index < -0.39 is 0 Å². The van der Waals surface area contributed by atoms with Crippen molar-refractivity contribution in [2.45, 2.75) is 76.7 Å². The fraction of sp³-hybridized carbons (Fsp3) is 1.00. The Bertz CT molecular complexity index is 303. The van der Waals surface area contributed by atoms with Crippen molar-refractivity contribution in [3.63, 3.8) is 0 Å². The van der Waals surface area contributed by atoms with Gasteiger partial charge in [-0.3, -0.25) is 0 Å². The summed E-state index contributed by atoms with van der Waals surface area (Å²) in [6, 6.07) is 0.876. The van der Waals surface area contributed by atoms with Crippen molar-refractivity contribution in [3.8, 4) is 0 Å². The Morgan fingerprint density at radius 1 is 0.833 bits per heavy atom. The van der Waals surface area contributed by atoms with Gasteiger partial charge in [0.1, 0.15) is 0 Å². The summed E-state index contributed by atoms with van der Waals surface area (Å²) in [6.45, 7) is 1.36. The van der Waals surface area contributed by atoms with Crippen LogP contribution in [0.1, 0.15) is 70.6 Å². The molecule has 0 aromatic heterocycles. The van der Waals surface area contributed by atoms with Gasteiger partial charge in [-0.05, 0) is 68.1 Å². The lowest BCUT2D eigenvalue weighted by molar-refractivity contribution is 0.140. The minimum Gasteiger partial charge on any atom is -0.313 e. The van der Waals surface area contributed by atoms with Gasteiger partial charge in [0.25, 0.3) is 0 Å². The SMILES string of the molecule is C1CCC2CC(NCC3(C4CC4)CC3)CCC2C1. The van der Waals surface area contributed by atoms with Crippen LogP contribution in [0.15, 0.2) is 0 Å². The molecule has 18 heavy (non-hydrogen) atoms. The van der Waals surface area contributed by atoms with Crippen LogP contribution in [0.3, 0.4) is 0 Å². The van der Waals surface area contributed by atoms with Gasteiger partial charge in [-0.15, -0.1) is 0 Å². The third kappa shape index (κ3) is 2.24. The highest BCUT2D eigenvalue weighted by molar-refractivity contribution is 5.05. The highest BCUT2D eigenvalue weighted by Gasteiger charge is 2.53. The van der Waals surface area contributed by atoms with E-state index in [-0.39, 0.29) is 0 Å². The fourth-order valence-corrected chi connectivity index (χ4v) is 4.99. The molecule has 4 fully saturated rings. The second kappa shape index (κ2) is 4.51. The van der Waals surface area contributed by atoms with Crippen molar-refractivity contribution in [1.82, 2.24) is 5.32 Å². The van der Waals surface area contributed by atoms with Crippen LogP contribution in [-0.2, 0) is 0 Å². The number of fused-ring (bicyclic) bond motifs is 1. The van der Waals surface area contributed by atoms with E-state index in [2.05, 4.69) is 5.32 Å². The summed E-state index contributed by atoms with van der Waals surface area (Å²) >= 11 is 0. The van der Waals surface area contributed by atoms with Crippen LogP contribution in [0.25, 0.3) is 0 Å². The Kier molecular flexibility index (Phi) is 2.94. The van der Waals surface area contributed by atoms with E-state index in [4.69, 9.17) is 0 Å². The number of hydrogen-bond donors (Lipinski definition) is 1. The molecular weight excluding hydrogens is 218 g/mol. The van der Waals surface area contributed by atoms with E-state index in [1.807, 2.05) is 0 Å². The first-order valence-electron chi connectivity index (χ1n) is 8.59. The first-order chi connectivity index (χ1) is 8.86. The molecule has 0 aliphatic heterocycles. The zero-order valence-electron chi connectivity index (χ0n) is 11.8. The Morgan fingerprint density at radius 3 is 2.33 bits per heavy atom. The molecule has 0 aromatic rings. The zero-order chi connectivity index (χ0) is 12.0. The van der Waals surface area contributed by atoms with Crippen molar-refractivity contribution < 1.29 is 0 Å². The van der Waals surface area contributed by atoms with Crippen LogP contribution in [0.5, 0.6) is 0 Å². The molecule has 0 amide bonds. The second-order valence-corrected chi connectivity index (χ2v) is 7.83. The van der Waals surface area contributed by atoms with Gasteiger partial charge >= 0.3 is 0 Å². The molecule has 4 aliphatic rings. The van der Waals surface area contributed by atoms with Gasteiger partial charge in [0.15, 0.2) is 0 Å². The van der Waals surface area contributed by atoms with Crippen molar-refractivity contribution in [2.24, 2.45) is 23.2 Å². The van der Waals surface area contributed by atoms with E-state index in [9.17, 15) is 0 Å². The quantitative estimate of drug-likeness (QED) is 0.788. The lowest BCUT2D eigenvalue weighted by Gasteiger charge is -2.40. The molecular formula is C17H29N. The lowest BCUT2D eigenvalue weighted by atomic mass is 9.69. The van der Waals surface area contributed by atoms with Gasteiger partial charge < -0.3 is 5.32 Å². The molecule has 0 saturated heterocycles. The summed E-state index contributed by atoms with van der Waals surface area (Å²) in [4.78, 5) is 0. The van der Waals surface area contributed by atoms with Crippen molar-refractivity contribution in [2.75, 3.05) is 6.54 Å². The van der Waals surface area contributed by atoms with Gasteiger partial charge in [-0.2, -0.15) is 0 Å². The molecule has 0 spiro atoms. The Morgan fingerprint density at radius 2 is 1.61 bits per heavy atom. The topological polar surface area (TPSA) is 12.0 Å². The minimum absolute atomic E-state index is 0.795. The Hall–Kier alpha value is -0.0400. The van der Waals surface area contributed by atoms with Crippen LogP contribution in [0, 0.1) is 23.2 Å². The smallest absolute Gasteiger partial charge is 0.00701 e. The maximum atomic E-state index is 3.98. The van der Waals surface area contributed by atoms with Crippen LogP contribution in [0.2, 0.25) is 0 Å². The largest absolute Gasteiger partial charge is 0.313 e. The normalized spacial score (nSPS) is 42.3. The molecule has 0 heterocycles. The predicted molar refractivity (Wildman–Crippen MR) is 75.5 cm³/mol. The summed E-state index contributed by atoms with van der Waals surface area (Å²) in [6.07, 6.45) is 16.8. The Labute approximate surface area is 112 Å². The maximum Gasteiger partial charge on any atom is 0.00701 e. The highest BCUT2D eigenvalue weighted by atomic mass is 14.9. The van der Waals surface area contributed by atoms with Gasteiger partial charge in [0, 0.05) is 12.6 Å². The molecule has 4 saturated carbocycles. The molecule has 3 atom stereocenters. The summed E-state index contributed by atoms with van der Waals surface area (Å²) in [7, 11) is 0. The van der Waals surface area contributed by atoms with E-state index >= 15 is 0 Å². The molecule has 102 valence electrons. The van der Waals surface area contributed by atoms with Crippen LogP contribution in [-0.4, -0.2) is 12.6 Å². The van der Waals surface area contributed by atoms with Gasteiger partial charge in [-0.1, -0.05) is 25.7 Å². The molecule has 1 N–H and O–H groups in total. The molecule has 1 nitrogen and oxygen atoms in total. The third-order valence-electron chi connectivity index (χ3n) is 6.62. The first-order valence-corrected chi connectivity index (χ1v) is 8.59. The summed E-state index contributed by atoms with van der Waals surface area (Å²) < 4.78 is 0. The van der Waals surface area contributed by atoms with Crippen LogP contribution in [0.4, 0.5) is 0 Å². The molecule has 1 heteroatoms. The average Bonchev–Trinajstić information content (AvgIpc) is 3.28. The van der Waals surface area contributed by atoms with E-state index in [1.54, 1.807) is 6.42 Å². The molecule has 0 bridgehead atoms. The zero-order valence-corrected chi connectivity index (χ0v) is 11.8. The molecule has 0 radical (unpaired) electrons. The van der Waals surface area contributed by atoms with Gasteiger partial charge in [0.2, 0.25) is 0 Å². The van der Waals surface area contributed by atoms with Crippen LogP contribution >= 0.6 is 0 Å². The van der Waals surface area contributed by atoms with E-state index in [0.717, 1.165) is 29.2 Å². The number of nitrogens with one attached hydrogen (secondary N) is 1. The average molecular weight is 247 g/mol. The second-order valence-electron chi connectivity index (χ2n) is 7.83. The summed E-state index contributed by atoms with van der Waals surface area (Å²) in [5, 5.41) is 3.98. The first kappa shape index (κ1) is 11.8. The number of rotatable bonds is 4. The standard InChI is InChI=1S/C17H29N/c1-2-4-14-11-16(8-5-13(14)3-1)18-12-17(9-10-17)15-6-7-15/h13-16,18H,1-12H2. The third-order valence-corrected chi connectivity index (χ3v) is 6.62. The van der Waals surface area contributed by atoms with Crippen molar-refractivity contribution in [3.05, 3.63) is 0 Å². The van der Waals surface area contributed by atoms with Crippen molar-refractivity contribution >= 4 is 0 Å². The Balaban J connectivity index is 1.28. The summed E-state index contributed by atoms with van der Waals surface area (Å²) in [5.41, 5.74) is 0.795. The lowest BCUT2D eigenvalue weighted by Crippen LogP contribution is -2.41. The van der Waals surface area contributed by atoms with E-state index in [0.29, 0.717) is 0 Å². The molecule has 4 aliphatic carbocycles. The molecule has 3 unspecified atom stereocenters. The number of hydrogen-bond acceptors (Lipinski definition) is 1. The molecule has 0 aromatic carbocycles. The highest BCUT2D eigenvalue weighted by Crippen LogP contribution is 2.61. The van der Waals surface area contributed by atoms with E-state index in [1.165, 1.54) is 70.8 Å². The molecule has 4 rings (SSSR count). The monoisotopic (exact) mass is 247 g/mol. The van der Waals surface area contributed by atoms with Gasteiger partial charge in [-0.25, -0.2) is 0 Å². The minimum atomic E-state index is 0.795. The predicted octanol–water partition coefficient (Wildman–Crippen LogP) is 4.13. The van der Waals surface area contributed by atoms with Gasteiger partial charge in [0.05, 0.1) is 0 Å². The maximum absolute atomic E-state index is 3.98.